The highest BCUT2D eigenvalue weighted by Crippen LogP contribution is 2.32. The van der Waals surface area contributed by atoms with Crippen molar-refractivity contribution in [2.24, 2.45) is 0 Å². The number of hydrogen-bond acceptors (Lipinski definition) is 4. The summed E-state index contributed by atoms with van der Waals surface area (Å²) in [5.41, 5.74) is 0.597. The molecule has 0 aromatic heterocycles. The van der Waals surface area contributed by atoms with Crippen LogP contribution < -0.4 is 0 Å². The number of halogens is 1. The van der Waals surface area contributed by atoms with Crippen molar-refractivity contribution in [3.05, 3.63) is 28.2 Å². The van der Waals surface area contributed by atoms with Gasteiger partial charge in [0.2, 0.25) is 10.0 Å². The number of thioether (sulfide) groups is 1. The molecule has 1 fully saturated rings. The van der Waals surface area contributed by atoms with E-state index in [1.165, 1.54) is 6.07 Å². The van der Waals surface area contributed by atoms with Gasteiger partial charge in [0.25, 0.3) is 0 Å². The van der Waals surface area contributed by atoms with Gasteiger partial charge < -0.3 is 5.11 Å². The fraction of sp³-hybridized carbons (Fsp3) is 0.538. The molecule has 1 aliphatic heterocycles. The Hall–Kier alpha value is -0.0800. The van der Waals surface area contributed by atoms with Gasteiger partial charge in [0.05, 0.1) is 11.5 Å². The van der Waals surface area contributed by atoms with Crippen LogP contribution in [0.5, 0.6) is 0 Å². The maximum absolute atomic E-state index is 12.8. The summed E-state index contributed by atoms with van der Waals surface area (Å²) in [5, 5.41) is 9.76. The summed E-state index contributed by atoms with van der Waals surface area (Å²) < 4.78 is 27.6. The molecule has 0 spiro atoms. The molecule has 0 amide bonds. The highest BCUT2D eigenvalue weighted by atomic mass is 79.9. The van der Waals surface area contributed by atoms with Crippen LogP contribution in [0.4, 0.5) is 0 Å². The Bertz CT molecular complexity index is 581. The number of rotatable bonds is 3. The van der Waals surface area contributed by atoms with E-state index in [1.54, 1.807) is 16.4 Å². The SMILES string of the molecule is CC1CN(S(=O)(=O)c2cc(CO)ccc2Br)CC(C)S1. The minimum atomic E-state index is -3.53. The number of nitrogens with zero attached hydrogens (tertiary/aromatic N) is 1. The first-order valence-corrected chi connectivity index (χ1v) is 9.57. The molecule has 1 N–H and O–H groups in total. The Balaban J connectivity index is 2.39. The first kappa shape index (κ1) is 16.3. The molecule has 2 rings (SSSR count). The third-order valence-electron chi connectivity index (χ3n) is 3.18. The molecule has 0 bridgehead atoms. The van der Waals surface area contributed by atoms with Crippen molar-refractivity contribution in [3.8, 4) is 0 Å². The summed E-state index contributed by atoms with van der Waals surface area (Å²) in [4.78, 5) is 0.232. The summed E-state index contributed by atoms with van der Waals surface area (Å²) in [5.74, 6) is 0. The maximum atomic E-state index is 12.8. The fourth-order valence-corrected chi connectivity index (χ4v) is 6.42. The largest absolute Gasteiger partial charge is 0.392 e. The molecule has 1 aliphatic rings. The third-order valence-corrected chi connectivity index (χ3v) is 7.24. The summed E-state index contributed by atoms with van der Waals surface area (Å²) >= 11 is 5.11. The maximum Gasteiger partial charge on any atom is 0.244 e. The van der Waals surface area contributed by atoms with Crippen molar-refractivity contribution in [1.29, 1.82) is 0 Å². The zero-order chi connectivity index (χ0) is 14.9. The van der Waals surface area contributed by atoms with Crippen LogP contribution in [0, 0.1) is 0 Å². The number of aliphatic hydroxyl groups excluding tert-OH is 1. The molecule has 1 aromatic carbocycles. The molecule has 20 heavy (non-hydrogen) atoms. The summed E-state index contributed by atoms with van der Waals surface area (Å²) in [6, 6.07) is 4.92. The molecule has 4 nitrogen and oxygen atoms in total. The number of sulfonamides is 1. The molecule has 0 saturated carbocycles. The number of benzene rings is 1. The molecule has 2 atom stereocenters. The van der Waals surface area contributed by atoms with Gasteiger partial charge in [-0.2, -0.15) is 16.1 Å². The van der Waals surface area contributed by atoms with E-state index in [4.69, 9.17) is 0 Å². The van der Waals surface area contributed by atoms with E-state index in [0.29, 0.717) is 23.1 Å². The van der Waals surface area contributed by atoms with E-state index >= 15 is 0 Å². The second kappa shape index (κ2) is 6.36. The van der Waals surface area contributed by atoms with E-state index in [1.807, 2.05) is 25.6 Å². The molecular formula is C13H18BrNO3S2. The van der Waals surface area contributed by atoms with Gasteiger partial charge in [-0.15, -0.1) is 0 Å². The molecule has 1 saturated heterocycles. The lowest BCUT2D eigenvalue weighted by Gasteiger charge is -2.33. The summed E-state index contributed by atoms with van der Waals surface area (Å²) in [6.07, 6.45) is 0. The molecule has 2 unspecified atom stereocenters. The zero-order valence-electron chi connectivity index (χ0n) is 11.4. The second-order valence-corrected chi connectivity index (χ2v) is 9.64. The highest BCUT2D eigenvalue weighted by molar-refractivity contribution is 9.10. The van der Waals surface area contributed by atoms with Gasteiger partial charge in [-0.05, 0) is 33.6 Å². The smallest absolute Gasteiger partial charge is 0.244 e. The zero-order valence-corrected chi connectivity index (χ0v) is 14.6. The van der Waals surface area contributed by atoms with Crippen LogP contribution >= 0.6 is 27.7 Å². The topological polar surface area (TPSA) is 57.6 Å². The van der Waals surface area contributed by atoms with E-state index in [9.17, 15) is 13.5 Å². The van der Waals surface area contributed by atoms with Crippen LogP contribution in [-0.4, -0.2) is 41.4 Å². The van der Waals surface area contributed by atoms with Crippen molar-refractivity contribution >= 4 is 37.7 Å². The lowest BCUT2D eigenvalue weighted by Crippen LogP contribution is -2.44. The molecule has 0 aliphatic carbocycles. The van der Waals surface area contributed by atoms with Crippen molar-refractivity contribution in [3.63, 3.8) is 0 Å². The first-order valence-electron chi connectivity index (χ1n) is 6.39. The van der Waals surface area contributed by atoms with Crippen LogP contribution in [0.1, 0.15) is 19.4 Å². The molecule has 0 radical (unpaired) electrons. The Morgan fingerprint density at radius 2 is 1.95 bits per heavy atom. The van der Waals surface area contributed by atoms with Crippen molar-refractivity contribution < 1.29 is 13.5 Å². The van der Waals surface area contributed by atoms with Gasteiger partial charge in [-0.1, -0.05) is 19.9 Å². The average Bonchev–Trinajstić information content (AvgIpc) is 2.38. The van der Waals surface area contributed by atoms with Crippen molar-refractivity contribution in [2.75, 3.05) is 13.1 Å². The fourth-order valence-electron chi connectivity index (χ4n) is 2.31. The van der Waals surface area contributed by atoms with Gasteiger partial charge in [-0.3, -0.25) is 0 Å². The molecule has 7 heteroatoms. The molecule has 1 heterocycles. The Morgan fingerprint density at radius 1 is 1.35 bits per heavy atom. The van der Waals surface area contributed by atoms with E-state index in [0.717, 1.165) is 0 Å². The van der Waals surface area contributed by atoms with Crippen molar-refractivity contribution in [1.82, 2.24) is 4.31 Å². The normalized spacial score (nSPS) is 24.8. The molecule has 112 valence electrons. The number of hydrogen-bond donors (Lipinski definition) is 1. The Labute approximate surface area is 132 Å². The van der Waals surface area contributed by atoms with E-state index < -0.39 is 10.0 Å². The monoisotopic (exact) mass is 379 g/mol. The van der Waals surface area contributed by atoms with Gasteiger partial charge in [0, 0.05) is 28.1 Å². The van der Waals surface area contributed by atoms with Crippen LogP contribution in [0.2, 0.25) is 0 Å². The van der Waals surface area contributed by atoms with Gasteiger partial charge in [-0.25, -0.2) is 8.42 Å². The van der Waals surface area contributed by atoms with Gasteiger partial charge in [0.15, 0.2) is 0 Å². The predicted octanol–water partition coefficient (Wildman–Crippen LogP) is 2.46. The van der Waals surface area contributed by atoms with E-state index in [-0.39, 0.29) is 22.0 Å². The summed E-state index contributed by atoms with van der Waals surface area (Å²) in [7, 11) is -3.53. The van der Waals surface area contributed by atoms with E-state index in [2.05, 4.69) is 15.9 Å². The molecule has 1 aromatic rings. The van der Waals surface area contributed by atoms with Crippen LogP contribution in [-0.2, 0) is 16.6 Å². The van der Waals surface area contributed by atoms with Crippen molar-refractivity contribution in [2.45, 2.75) is 35.8 Å². The Morgan fingerprint density at radius 3 is 2.50 bits per heavy atom. The lowest BCUT2D eigenvalue weighted by molar-refractivity contribution is 0.281. The minimum absolute atomic E-state index is 0.168. The van der Waals surface area contributed by atoms with Crippen LogP contribution in [0.25, 0.3) is 0 Å². The standard InChI is InChI=1S/C13H18BrNO3S2/c1-9-6-15(7-10(2)19-9)20(17,18)13-5-11(8-16)3-4-12(13)14/h3-5,9-10,16H,6-8H2,1-2H3. The first-order chi connectivity index (χ1) is 9.34. The average molecular weight is 380 g/mol. The van der Waals surface area contributed by atoms with Crippen LogP contribution in [0.15, 0.2) is 27.6 Å². The van der Waals surface area contributed by atoms with Gasteiger partial charge in [0.1, 0.15) is 0 Å². The number of aliphatic hydroxyl groups is 1. The third kappa shape index (κ3) is 3.39. The quantitative estimate of drug-likeness (QED) is 0.875. The van der Waals surface area contributed by atoms with Crippen LogP contribution in [0.3, 0.4) is 0 Å². The second-order valence-electron chi connectivity index (χ2n) is 5.00. The minimum Gasteiger partial charge on any atom is -0.392 e. The summed E-state index contributed by atoms with van der Waals surface area (Å²) in [6.45, 7) is 4.96. The predicted molar refractivity (Wildman–Crippen MR) is 85.3 cm³/mol. The molecular weight excluding hydrogens is 362 g/mol. The lowest BCUT2D eigenvalue weighted by atomic mass is 10.2. The Kier molecular flexibility index (Phi) is 5.18. The highest BCUT2D eigenvalue weighted by Gasteiger charge is 2.33. The van der Waals surface area contributed by atoms with Gasteiger partial charge >= 0.3 is 0 Å².